The monoisotopic (exact) mass is 1360 g/mol. The zero-order chi connectivity index (χ0) is 69.7. The summed E-state index contributed by atoms with van der Waals surface area (Å²) in [5.41, 5.74) is -2.72. The standard InChI is InChI=1S/C64H100O31/c1-25(68)85-33-23-84-56(50(87-27(3)70)46(33)86-26(2)69)91-45-30(71)22-83-54(44(45)79)95-52-51(80)59(4,5)19-29-28-11-12-35-61(7)15-14-36(62(8,24-67)34(61)13-16-64(35,10)63(28,9)18-17-60(29,52)6)90-58-49(42(77)41(76)47(92-58)53(81)82)94-57-48(40(75)38(73)32(21-66)89-57)93-55-43(78)39(74)37(72)31(20-65)88-55/h11,29-52,54-58,65-67,71-80H,12-24H2,1-10H3,(H,81,82)/t29-,30-,31+,32+,33+,34+,35+,36-,37+,38-,39-,40-,41-,42-,43+,44+,45-,46-,47-,48+,49+,50+,51-,52+,54-,55-,56-,57-,58?,60+,61-,62+,63+,64+/m1/s1. The third-order valence-corrected chi connectivity index (χ3v) is 24.1. The molecule has 95 heavy (non-hydrogen) atoms. The molecule has 0 aromatic carbocycles. The highest BCUT2D eigenvalue weighted by Crippen LogP contribution is 2.76. The molecule has 10 rings (SSSR count). The van der Waals surface area contributed by atoms with Crippen LogP contribution in [0.4, 0.5) is 0 Å². The highest BCUT2D eigenvalue weighted by atomic mass is 16.8. The number of carbonyl (C=O) groups excluding carboxylic acids is 3. The van der Waals surface area contributed by atoms with Crippen molar-refractivity contribution >= 4 is 23.9 Å². The second-order valence-electron chi connectivity index (χ2n) is 30.1. The second kappa shape index (κ2) is 27.9. The van der Waals surface area contributed by atoms with Gasteiger partial charge in [0.2, 0.25) is 0 Å². The molecule has 0 aromatic heterocycles. The fourth-order valence-electron chi connectivity index (χ4n) is 18.6. The molecule has 10 aliphatic rings. The maximum atomic E-state index is 12.7. The third-order valence-electron chi connectivity index (χ3n) is 24.1. The van der Waals surface area contributed by atoms with Gasteiger partial charge >= 0.3 is 23.9 Å². The van der Waals surface area contributed by atoms with Crippen LogP contribution in [-0.4, -0.2) is 288 Å². The van der Waals surface area contributed by atoms with E-state index in [9.17, 15) is 90.7 Å². The van der Waals surface area contributed by atoms with Crippen LogP contribution in [0.2, 0.25) is 0 Å². The highest BCUT2D eigenvalue weighted by Gasteiger charge is 2.71. The molecule has 0 radical (unpaired) electrons. The Morgan fingerprint density at radius 3 is 1.71 bits per heavy atom. The summed E-state index contributed by atoms with van der Waals surface area (Å²) in [6, 6.07) is 0. The lowest BCUT2D eigenvalue weighted by atomic mass is 9.33. The average molecular weight is 1370 g/mol. The van der Waals surface area contributed by atoms with E-state index >= 15 is 0 Å². The first kappa shape index (κ1) is 74.4. The highest BCUT2D eigenvalue weighted by molar-refractivity contribution is 5.73. The number of ether oxygens (including phenoxy) is 13. The van der Waals surface area contributed by atoms with Gasteiger partial charge in [-0.1, -0.05) is 60.1 Å². The smallest absolute Gasteiger partial charge is 0.335 e. The van der Waals surface area contributed by atoms with Crippen LogP contribution in [-0.2, 0) is 80.8 Å². The molecule has 542 valence electrons. The van der Waals surface area contributed by atoms with Gasteiger partial charge in [0.25, 0.3) is 0 Å². The predicted octanol–water partition coefficient (Wildman–Crippen LogP) is -2.71. The second-order valence-corrected chi connectivity index (χ2v) is 30.1. The SMILES string of the molecule is CC(=O)O[C@@H]1[C@@H](O[C@H]2[C@H](O)[C@@H](O[C@H]3[C@@H](O)C(C)(C)C[C@@H]4C5=CC[C@H]6[C@]7(C)CC[C@@H](OC8O[C@@H](C(=O)O)[C@H](O)[C@@H](O)[C@@H]8O[C@H]8O[C@@H](CO)[C@@H](O)[C@@H](O)[C@@H]8O[C@H]8O[C@@H](CO)[C@H](O)[C@@H](O)[C@@H]8O)[C@@](C)(CO)[C@H]7CC[C@]6(C)[C@@]5(C)CC[C@@]43C)OC[C@H]2O)OC[C@H](OC(C)=O)[C@H]1OC(C)=O. The van der Waals surface area contributed by atoms with Crippen LogP contribution < -0.4 is 0 Å². The fourth-order valence-corrected chi connectivity index (χ4v) is 18.6. The van der Waals surface area contributed by atoms with Crippen LogP contribution in [0.25, 0.3) is 0 Å². The maximum absolute atomic E-state index is 12.7. The van der Waals surface area contributed by atoms with Crippen LogP contribution in [0.5, 0.6) is 0 Å². The van der Waals surface area contributed by atoms with Gasteiger partial charge in [-0.3, -0.25) is 14.4 Å². The summed E-state index contributed by atoms with van der Waals surface area (Å²) >= 11 is 0. The van der Waals surface area contributed by atoms with Crippen molar-refractivity contribution in [1.29, 1.82) is 0 Å². The van der Waals surface area contributed by atoms with E-state index in [-0.39, 0.29) is 36.2 Å². The van der Waals surface area contributed by atoms with Gasteiger partial charge in [0.15, 0.2) is 55.9 Å². The summed E-state index contributed by atoms with van der Waals surface area (Å²) < 4.78 is 77.5. The van der Waals surface area contributed by atoms with Gasteiger partial charge in [-0.15, -0.1) is 0 Å². The van der Waals surface area contributed by atoms with E-state index in [1.807, 2.05) is 20.8 Å². The Labute approximate surface area is 549 Å². The molecule has 34 atom stereocenters. The summed E-state index contributed by atoms with van der Waals surface area (Å²) in [4.78, 5) is 49.5. The number of hydrogen-bond donors (Lipinski definition) is 14. The van der Waals surface area contributed by atoms with Gasteiger partial charge < -0.3 is 133 Å². The Hall–Kier alpha value is -3.30. The lowest BCUT2D eigenvalue weighted by molar-refractivity contribution is -0.397. The minimum absolute atomic E-state index is 0.00760. The summed E-state index contributed by atoms with van der Waals surface area (Å²) in [7, 11) is 0. The summed E-state index contributed by atoms with van der Waals surface area (Å²) in [5.74, 6) is -4.47. The van der Waals surface area contributed by atoms with Crippen LogP contribution in [0, 0.1) is 50.2 Å². The molecule has 0 amide bonds. The Bertz CT molecular complexity index is 2770. The largest absolute Gasteiger partial charge is 0.479 e. The summed E-state index contributed by atoms with van der Waals surface area (Å²) in [5, 5.41) is 156. The number of aliphatic hydroxyl groups excluding tert-OH is 13. The van der Waals surface area contributed by atoms with Crippen molar-refractivity contribution < 1.29 is 152 Å². The Morgan fingerprint density at radius 2 is 1.09 bits per heavy atom. The lowest BCUT2D eigenvalue weighted by Gasteiger charge is -2.72. The summed E-state index contributed by atoms with van der Waals surface area (Å²) in [6.07, 6.45) is -37.0. The molecule has 4 saturated carbocycles. The molecular formula is C64H100O31. The number of aliphatic hydroxyl groups is 13. The van der Waals surface area contributed by atoms with Gasteiger partial charge in [0.1, 0.15) is 85.5 Å². The lowest BCUT2D eigenvalue weighted by Crippen LogP contribution is -2.69. The van der Waals surface area contributed by atoms with E-state index in [2.05, 4.69) is 33.8 Å². The maximum Gasteiger partial charge on any atom is 0.335 e. The van der Waals surface area contributed by atoms with Crippen molar-refractivity contribution in [3.05, 3.63) is 11.6 Å². The van der Waals surface area contributed by atoms with E-state index in [1.54, 1.807) is 0 Å². The predicted molar refractivity (Wildman–Crippen MR) is 315 cm³/mol. The zero-order valence-electron chi connectivity index (χ0n) is 55.2. The Kier molecular flexibility index (Phi) is 21.9. The van der Waals surface area contributed by atoms with E-state index in [0.29, 0.717) is 44.9 Å². The third kappa shape index (κ3) is 13.1. The molecular weight excluding hydrogens is 1260 g/mol. The molecule has 9 fully saturated rings. The first-order valence-electron chi connectivity index (χ1n) is 33.0. The van der Waals surface area contributed by atoms with Crippen molar-refractivity contribution in [3.63, 3.8) is 0 Å². The fraction of sp³-hybridized carbons (Fsp3) is 0.906. The molecule has 0 bridgehead atoms. The van der Waals surface area contributed by atoms with E-state index in [1.165, 1.54) is 5.57 Å². The number of carboxylic acids is 1. The number of fused-ring (bicyclic) bond motifs is 7. The van der Waals surface area contributed by atoms with Gasteiger partial charge in [0, 0.05) is 31.6 Å². The number of aliphatic carboxylic acids is 1. The van der Waals surface area contributed by atoms with Gasteiger partial charge in [0.05, 0.1) is 51.3 Å². The first-order valence-corrected chi connectivity index (χ1v) is 33.0. The number of hydrogen-bond acceptors (Lipinski definition) is 30. The van der Waals surface area contributed by atoms with Gasteiger partial charge in [-0.25, -0.2) is 4.79 Å². The number of esters is 3. The topological polar surface area (TPSA) is 471 Å². The Morgan fingerprint density at radius 1 is 0.526 bits per heavy atom. The van der Waals surface area contributed by atoms with Crippen LogP contribution in [0.15, 0.2) is 11.6 Å². The minimum Gasteiger partial charge on any atom is -0.479 e. The molecule has 0 spiro atoms. The molecule has 14 N–H and O–H groups in total. The van der Waals surface area contributed by atoms with Crippen molar-refractivity contribution in [2.24, 2.45) is 50.2 Å². The number of carboxylic acid groups (broad SMARTS) is 1. The first-order chi connectivity index (χ1) is 44.5. The molecule has 31 heteroatoms. The van der Waals surface area contributed by atoms with Crippen LogP contribution in [0.3, 0.4) is 0 Å². The molecule has 31 nitrogen and oxygen atoms in total. The minimum atomic E-state index is -2.18. The number of allylic oxidation sites excluding steroid dienone is 2. The zero-order valence-corrected chi connectivity index (χ0v) is 55.2. The van der Waals surface area contributed by atoms with Crippen LogP contribution >= 0.6 is 0 Å². The van der Waals surface area contributed by atoms with Gasteiger partial charge in [-0.05, 0) is 90.8 Å². The van der Waals surface area contributed by atoms with Crippen LogP contribution in [0.1, 0.15) is 121 Å². The molecule has 5 aliphatic carbocycles. The molecule has 5 saturated heterocycles. The quantitative estimate of drug-likeness (QED) is 0.0305. The molecule has 1 unspecified atom stereocenters. The number of rotatable bonds is 17. The van der Waals surface area contributed by atoms with Crippen molar-refractivity contribution in [2.75, 3.05) is 33.0 Å². The van der Waals surface area contributed by atoms with E-state index < -0.39 is 237 Å². The van der Waals surface area contributed by atoms with E-state index in [0.717, 1.165) is 20.8 Å². The van der Waals surface area contributed by atoms with Crippen molar-refractivity contribution in [1.82, 2.24) is 0 Å². The van der Waals surface area contributed by atoms with E-state index in [4.69, 9.17) is 61.6 Å². The van der Waals surface area contributed by atoms with Crippen molar-refractivity contribution in [2.45, 2.75) is 280 Å². The number of carbonyl (C=O) groups is 4. The summed E-state index contributed by atoms with van der Waals surface area (Å²) in [6.45, 7) is 15.1. The van der Waals surface area contributed by atoms with Crippen molar-refractivity contribution in [3.8, 4) is 0 Å². The molecule has 5 heterocycles. The molecule has 0 aromatic rings. The normalized spacial score (nSPS) is 51.3. The Balaban J connectivity index is 0.887. The molecule has 5 aliphatic heterocycles. The average Bonchev–Trinajstić information content (AvgIpc) is 0.675. The van der Waals surface area contributed by atoms with Gasteiger partial charge in [-0.2, -0.15) is 0 Å².